The molecule has 0 spiro atoms. The summed E-state index contributed by atoms with van der Waals surface area (Å²) < 4.78 is 15.9. The first-order valence-electron chi connectivity index (χ1n) is 12.2. The third-order valence-corrected chi connectivity index (χ3v) is 6.44. The Balaban J connectivity index is 1.29. The quantitative estimate of drug-likeness (QED) is 0.452. The minimum atomic E-state index is -0.761. The van der Waals surface area contributed by atoms with E-state index >= 15 is 0 Å². The number of rotatable bonds is 6. The second kappa shape index (κ2) is 11.7. The maximum Gasteiger partial charge on any atom is 0.418 e. The van der Waals surface area contributed by atoms with Gasteiger partial charge in [-0.05, 0) is 50.2 Å². The van der Waals surface area contributed by atoms with E-state index in [1.807, 2.05) is 13.0 Å². The predicted molar refractivity (Wildman–Crippen MR) is 136 cm³/mol. The van der Waals surface area contributed by atoms with Gasteiger partial charge in [-0.1, -0.05) is 18.2 Å². The number of amidine groups is 1. The molecule has 196 valence electrons. The van der Waals surface area contributed by atoms with E-state index in [1.54, 1.807) is 65.3 Å². The number of anilines is 1. The van der Waals surface area contributed by atoms with Gasteiger partial charge in [0.25, 0.3) is 0 Å². The minimum absolute atomic E-state index is 0.0226. The molecule has 11 nitrogen and oxygen atoms in total. The van der Waals surface area contributed by atoms with Crippen LogP contribution in [0.3, 0.4) is 0 Å². The van der Waals surface area contributed by atoms with Gasteiger partial charge in [-0.25, -0.2) is 14.4 Å². The number of nitrogens with zero attached hydrogens (tertiary/aromatic N) is 3. The van der Waals surface area contributed by atoms with Crippen LogP contribution in [0.2, 0.25) is 0 Å². The Labute approximate surface area is 215 Å². The zero-order valence-corrected chi connectivity index (χ0v) is 20.9. The van der Waals surface area contributed by atoms with Crippen molar-refractivity contribution in [3.05, 3.63) is 60.2 Å². The summed E-state index contributed by atoms with van der Waals surface area (Å²) in [6, 6.07) is 15.3. The lowest BCUT2D eigenvalue weighted by Gasteiger charge is -2.38. The number of amides is 3. The Hall–Kier alpha value is -4.12. The van der Waals surface area contributed by atoms with Gasteiger partial charge in [0.15, 0.2) is 0 Å². The van der Waals surface area contributed by atoms with E-state index in [0.717, 1.165) is 0 Å². The lowest BCUT2D eigenvalue weighted by molar-refractivity contribution is 0.0315. The molecule has 2 atom stereocenters. The number of nitrogens with one attached hydrogen (secondary N) is 2. The summed E-state index contributed by atoms with van der Waals surface area (Å²) in [5, 5.41) is 10.6. The van der Waals surface area contributed by atoms with E-state index in [2.05, 4.69) is 10.2 Å². The Morgan fingerprint density at radius 3 is 2.41 bits per heavy atom. The van der Waals surface area contributed by atoms with Gasteiger partial charge in [0, 0.05) is 43.5 Å². The van der Waals surface area contributed by atoms with Crippen LogP contribution in [0.25, 0.3) is 0 Å². The number of para-hydroxylation sites is 1. The zero-order valence-electron chi connectivity index (χ0n) is 20.9. The summed E-state index contributed by atoms with van der Waals surface area (Å²) in [7, 11) is 0. The smallest absolute Gasteiger partial charge is 0.418 e. The number of carbonyl (C=O) groups is 3. The number of carbonyl (C=O) groups excluding carboxylic acids is 3. The van der Waals surface area contributed by atoms with Crippen molar-refractivity contribution in [1.82, 2.24) is 15.1 Å². The van der Waals surface area contributed by atoms with Crippen molar-refractivity contribution in [2.75, 3.05) is 44.2 Å². The van der Waals surface area contributed by atoms with Crippen molar-refractivity contribution >= 4 is 29.8 Å². The van der Waals surface area contributed by atoms with Crippen LogP contribution < -0.4 is 15.0 Å². The van der Waals surface area contributed by atoms with Gasteiger partial charge in [-0.2, -0.15) is 0 Å². The molecule has 2 fully saturated rings. The third-order valence-electron chi connectivity index (χ3n) is 6.44. The Kier molecular flexibility index (Phi) is 8.24. The number of ether oxygens (including phenoxy) is 3. The molecule has 2 heterocycles. The van der Waals surface area contributed by atoms with E-state index in [4.69, 9.17) is 19.6 Å². The van der Waals surface area contributed by atoms with Crippen molar-refractivity contribution in [2.24, 2.45) is 0 Å². The van der Waals surface area contributed by atoms with E-state index in [0.29, 0.717) is 56.3 Å². The number of piperazine rings is 1. The molecule has 0 radical (unpaired) electrons. The van der Waals surface area contributed by atoms with Crippen LogP contribution in [0.15, 0.2) is 54.6 Å². The van der Waals surface area contributed by atoms with E-state index < -0.39 is 12.2 Å². The molecule has 2 aromatic carbocycles. The van der Waals surface area contributed by atoms with Gasteiger partial charge in [-0.3, -0.25) is 20.5 Å². The Bertz CT molecular complexity index is 1120. The Morgan fingerprint density at radius 1 is 1.08 bits per heavy atom. The average molecular weight is 510 g/mol. The fourth-order valence-corrected chi connectivity index (χ4v) is 4.31. The molecule has 2 aromatic rings. The first-order chi connectivity index (χ1) is 17.9. The molecule has 2 N–H and O–H groups in total. The van der Waals surface area contributed by atoms with Crippen molar-refractivity contribution < 1.29 is 28.6 Å². The van der Waals surface area contributed by atoms with Gasteiger partial charge in [0.2, 0.25) is 0 Å². The number of hydrogen-bond donors (Lipinski definition) is 2. The monoisotopic (exact) mass is 509 g/mol. The summed E-state index contributed by atoms with van der Waals surface area (Å²) in [5.41, 5.74) is 1.10. The molecule has 37 heavy (non-hydrogen) atoms. The number of benzene rings is 2. The van der Waals surface area contributed by atoms with Crippen molar-refractivity contribution in [3.8, 4) is 5.75 Å². The summed E-state index contributed by atoms with van der Waals surface area (Å²) in [5.74, 6) is 0.255. The molecule has 2 aliphatic heterocycles. The van der Waals surface area contributed by atoms with Crippen LogP contribution in [0, 0.1) is 5.41 Å². The lowest BCUT2D eigenvalue weighted by Crippen LogP contribution is -2.54. The maximum atomic E-state index is 12.6. The molecule has 4 rings (SSSR count). The van der Waals surface area contributed by atoms with Crippen molar-refractivity contribution in [1.29, 1.82) is 5.41 Å². The third kappa shape index (κ3) is 6.36. The molecular weight excluding hydrogens is 478 g/mol. The van der Waals surface area contributed by atoms with Crippen LogP contribution in [-0.2, 0) is 9.47 Å². The predicted octanol–water partition coefficient (Wildman–Crippen LogP) is 3.29. The second-order valence-electron chi connectivity index (χ2n) is 8.74. The van der Waals surface area contributed by atoms with E-state index in [9.17, 15) is 14.4 Å². The standard InChI is InChI=1S/C26H31N5O6/c1-3-35-25(33)30-15-13-29(14-16-30)18(2)22-17-31(26(34)37-22)20-11-9-19(10-12-20)23(27)28-24(32)36-21-7-5-4-6-8-21/h4-12,18,22H,3,13-17H2,1-2H3,(H2,27,28,32). The van der Waals surface area contributed by atoms with Crippen LogP contribution in [0.5, 0.6) is 5.75 Å². The largest absolute Gasteiger partial charge is 0.450 e. The van der Waals surface area contributed by atoms with Crippen molar-refractivity contribution in [2.45, 2.75) is 26.0 Å². The van der Waals surface area contributed by atoms with Gasteiger partial charge in [0.05, 0.1) is 13.2 Å². The minimum Gasteiger partial charge on any atom is -0.450 e. The normalized spacial score (nSPS) is 18.6. The molecule has 11 heteroatoms. The molecular formula is C26H31N5O6. The summed E-state index contributed by atoms with van der Waals surface area (Å²) in [6.07, 6.45) is -1.82. The van der Waals surface area contributed by atoms with Crippen LogP contribution in [0.4, 0.5) is 20.1 Å². The summed E-state index contributed by atoms with van der Waals surface area (Å²) in [4.78, 5) is 42.1. The van der Waals surface area contributed by atoms with Crippen LogP contribution in [-0.4, -0.2) is 85.4 Å². The highest BCUT2D eigenvalue weighted by atomic mass is 16.6. The lowest BCUT2D eigenvalue weighted by atomic mass is 10.1. The molecule has 0 saturated carbocycles. The molecule has 0 bridgehead atoms. The maximum absolute atomic E-state index is 12.6. The van der Waals surface area contributed by atoms with Gasteiger partial charge >= 0.3 is 18.3 Å². The summed E-state index contributed by atoms with van der Waals surface area (Å²) >= 11 is 0. The highest BCUT2D eigenvalue weighted by Crippen LogP contribution is 2.25. The zero-order chi connectivity index (χ0) is 26.4. The Morgan fingerprint density at radius 2 is 1.76 bits per heavy atom. The molecule has 2 aliphatic rings. The van der Waals surface area contributed by atoms with Crippen LogP contribution >= 0.6 is 0 Å². The van der Waals surface area contributed by atoms with Gasteiger partial charge in [0.1, 0.15) is 17.7 Å². The molecule has 3 amide bonds. The van der Waals surface area contributed by atoms with Crippen molar-refractivity contribution in [3.63, 3.8) is 0 Å². The highest BCUT2D eigenvalue weighted by molar-refractivity contribution is 6.05. The molecule has 2 unspecified atom stereocenters. The fraction of sp³-hybridized carbons (Fsp3) is 0.385. The summed E-state index contributed by atoms with van der Waals surface area (Å²) in [6.45, 7) is 7.01. The second-order valence-corrected chi connectivity index (χ2v) is 8.74. The molecule has 0 aliphatic carbocycles. The van der Waals surface area contributed by atoms with E-state index in [1.165, 1.54) is 0 Å². The SMILES string of the molecule is CCOC(=O)N1CCN(C(C)C2CN(c3ccc(C(=N)NC(=O)Oc4ccccc4)cc3)C(=O)O2)CC1. The van der Waals surface area contributed by atoms with Gasteiger partial charge < -0.3 is 19.1 Å². The first-order valence-corrected chi connectivity index (χ1v) is 12.2. The molecule has 2 saturated heterocycles. The van der Waals surface area contributed by atoms with E-state index in [-0.39, 0.29) is 24.1 Å². The van der Waals surface area contributed by atoms with Gasteiger partial charge in [-0.15, -0.1) is 0 Å². The first kappa shape index (κ1) is 26.0. The van der Waals surface area contributed by atoms with Crippen LogP contribution in [0.1, 0.15) is 19.4 Å². The number of hydrogen-bond acceptors (Lipinski definition) is 8. The average Bonchev–Trinajstić information content (AvgIpc) is 3.30. The molecule has 0 aromatic heterocycles. The topological polar surface area (TPSA) is 125 Å². The fourth-order valence-electron chi connectivity index (χ4n) is 4.31. The number of cyclic esters (lactones) is 1. The highest BCUT2D eigenvalue weighted by Gasteiger charge is 2.39.